The normalized spacial score (nSPS) is 28.1. The highest BCUT2D eigenvalue weighted by molar-refractivity contribution is 5.94. The van der Waals surface area contributed by atoms with Crippen molar-refractivity contribution in [2.75, 3.05) is 47.6 Å². The minimum absolute atomic E-state index is 0.254. The maximum absolute atomic E-state index is 14.3. The molecule has 0 radical (unpaired) electrons. The molecule has 5 atom stereocenters. The van der Waals surface area contributed by atoms with Crippen molar-refractivity contribution in [2.45, 2.75) is 24.2 Å². The van der Waals surface area contributed by atoms with Gasteiger partial charge in [-0.15, -0.1) is 0 Å². The smallest absolute Gasteiger partial charge is 0.331 e. The standard InChI is InChI=1S/C27H31N3O7/c1-34-19-11-9-18(10-12-19)21-20(26(32)35-2)23(27(33)36-3)30-25(31)24(28-13-15-37-16-14-28)22(29(21)30)17-7-5-4-6-8-17/h4-12,20-24H,13-16H2,1-3H3/t20-,21+,22-,23+,24-/m1/s1. The fourth-order valence-electron chi connectivity index (χ4n) is 5.86. The summed E-state index contributed by atoms with van der Waals surface area (Å²) in [7, 11) is 4.12. The van der Waals surface area contributed by atoms with Gasteiger partial charge in [-0.05, 0) is 23.3 Å². The van der Waals surface area contributed by atoms with Gasteiger partial charge in [0.15, 0.2) is 6.04 Å². The van der Waals surface area contributed by atoms with E-state index in [-0.39, 0.29) is 5.91 Å². The van der Waals surface area contributed by atoms with E-state index in [1.54, 1.807) is 19.2 Å². The molecule has 0 aromatic heterocycles. The van der Waals surface area contributed by atoms with E-state index in [0.29, 0.717) is 32.1 Å². The number of carbonyl (C=O) groups is 3. The van der Waals surface area contributed by atoms with Gasteiger partial charge in [0, 0.05) is 13.1 Å². The van der Waals surface area contributed by atoms with Crippen molar-refractivity contribution in [3.8, 4) is 5.75 Å². The van der Waals surface area contributed by atoms with Crippen LogP contribution < -0.4 is 4.74 Å². The number of amides is 1. The number of fused-ring (bicyclic) bond motifs is 1. The number of benzene rings is 2. The molecular formula is C27H31N3O7. The van der Waals surface area contributed by atoms with E-state index in [9.17, 15) is 14.4 Å². The summed E-state index contributed by atoms with van der Waals surface area (Å²) < 4.78 is 21.2. The molecule has 0 aliphatic carbocycles. The zero-order valence-corrected chi connectivity index (χ0v) is 21.1. The number of ether oxygens (including phenoxy) is 4. The summed E-state index contributed by atoms with van der Waals surface area (Å²) in [6, 6.07) is 14.1. The Labute approximate surface area is 215 Å². The second-order valence-corrected chi connectivity index (χ2v) is 9.25. The Kier molecular flexibility index (Phi) is 7.14. The summed E-state index contributed by atoms with van der Waals surface area (Å²) in [5.41, 5.74) is 1.66. The Bertz CT molecular complexity index is 1140. The van der Waals surface area contributed by atoms with Crippen LogP contribution in [-0.2, 0) is 28.6 Å². The van der Waals surface area contributed by atoms with Crippen molar-refractivity contribution in [3.63, 3.8) is 0 Å². The molecule has 10 heteroatoms. The topological polar surface area (TPSA) is 97.9 Å². The molecule has 2 aromatic rings. The molecule has 1 amide bonds. The molecule has 0 unspecified atom stereocenters. The lowest BCUT2D eigenvalue weighted by Crippen LogP contribution is -2.52. The molecule has 10 nitrogen and oxygen atoms in total. The van der Waals surface area contributed by atoms with Crippen LogP contribution in [0.25, 0.3) is 0 Å². The average molecular weight is 510 g/mol. The maximum atomic E-state index is 14.3. The number of hydrogen-bond donors (Lipinski definition) is 0. The predicted octanol–water partition coefficient (Wildman–Crippen LogP) is 1.58. The minimum Gasteiger partial charge on any atom is -0.497 e. The van der Waals surface area contributed by atoms with E-state index < -0.39 is 42.0 Å². The third-order valence-corrected chi connectivity index (χ3v) is 7.49. The van der Waals surface area contributed by atoms with Crippen molar-refractivity contribution in [1.29, 1.82) is 0 Å². The molecule has 0 spiro atoms. The summed E-state index contributed by atoms with van der Waals surface area (Å²) in [5, 5.41) is 3.34. The molecule has 3 heterocycles. The van der Waals surface area contributed by atoms with Gasteiger partial charge < -0.3 is 18.9 Å². The molecule has 0 bridgehead atoms. The van der Waals surface area contributed by atoms with Gasteiger partial charge in [0.25, 0.3) is 5.91 Å². The summed E-state index contributed by atoms with van der Waals surface area (Å²) in [6.07, 6.45) is 0. The highest BCUT2D eigenvalue weighted by atomic mass is 16.5. The van der Waals surface area contributed by atoms with E-state index in [1.807, 2.05) is 47.5 Å². The van der Waals surface area contributed by atoms with Gasteiger partial charge in [-0.25, -0.2) is 4.79 Å². The number of morpholine rings is 1. The highest BCUT2D eigenvalue weighted by Gasteiger charge is 2.66. The van der Waals surface area contributed by atoms with Crippen molar-refractivity contribution >= 4 is 17.8 Å². The quantitative estimate of drug-likeness (QED) is 0.538. The fraction of sp³-hybridized carbons (Fsp3) is 0.444. The van der Waals surface area contributed by atoms with Crippen LogP contribution in [0, 0.1) is 5.92 Å². The maximum Gasteiger partial charge on any atom is 0.331 e. The number of hydrogen-bond acceptors (Lipinski definition) is 9. The number of methoxy groups -OCH3 is 3. The lowest BCUT2D eigenvalue weighted by molar-refractivity contribution is -0.161. The van der Waals surface area contributed by atoms with Gasteiger partial charge >= 0.3 is 11.9 Å². The first-order valence-corrected chi connectivity index (χ1v) is 12.3. The summed E-state index contributed by atoms with van der Waals surface area (Å²) in [4.78, 5) is 42.9. The van der Waals surface area contributed by atoms with Crippen LogP contribution in [0.5, 0.6) is 5.75 Å². The first-order valence-electron chi connectivity index (χ1n) is 12.3. The molecule has 3 saturated heterocycles. The van der Waals surface area contributed by atoms with Crippen LogP contribution in [0.4, 0.5) is 0 Å². The Morgan fingerprint density at radius 1 is 0.811 bits per heavy atom. The van der Waals surface area contributed by atoms with Crippen molar-refractivity contribution in [2.24, 2.45) is 5.92 Å². The molecule has 5 rings (SSSR count). The fourth-order valence-corrected chi connectivity index (χ4v) is 5.86. The van der Waals surface area contributed by atoms with Crippen LogP contribution >= 0.6 is 0 Å². The monoisotopic (exact) mass is 509 g/mol. The van der Waals surface area contributed by atoms with Gasteiger partial charge in [0.2, 0.25) is 0 Å². The number of esters is 2. The second-order valence-electron chi connectivity index (χ2n) is 9.25. The van der Waals surface area contributed by atoms with Crippen LogP contribution in [0.1, 0.15) is 23.2 Å². The third kappa shape index (κ3) is 4.24. The SMILES string of the molecule is COC(=O)[C@H]1[C@@H](C(=O)OC)N2C(=O)[C@H](N3CCOCC3)[C@@H](c3ccccc3)N2[C@H]1c1ccc(OC)cc1. The van der Waals surface area contributed by atoms with Crippen LogP contribution in [-0.4, -0.2) is 92.5 Å². The molecule has 196 valence electrons. The first-order chi connectivity index (χ1) is 18.0. The van der Waals surface area contributed by atoms with Gasteiger partial charge in [-0.1, -0.05) is 42.5 Å². The van der Waals surface area contributed by atoms with Crippen LogP contribution in [0.2, 0.25) is 0 Å². The van der Waals surface area contributed by atoms with Gasteiger partial charge in [-0.3, -0.25) is 19.5 Å². The number of carbonyl (C=O) groups excluding carboxylic acids is 3. The van der Waals surface area contributed by atoms with E-state index in [2.05, 4.69) is 4.90 Å². The van der Waals surface area contributed by atoms with E-state index >= 15 is 0 Å². The zero-order chi connectivity index (χ0) is 26.1. The van der Waals surface area contributed by atoms with Crippen LogP contribution in [0.3, 0.4) is 0 Å². The number of nitrogens with zero attached hydrogens (tertiary/aromatic N) is 3. The zero-order valence-electron chi connectivity index (χ0n) is 21.1. The number of hydrazine groups is 1. The van der Waals surface area contributed by atoms with E-state index in [4.69, 9.17) is 18.9 Å². The Morgan fingerprint density at radius 3 is 2.03 bits per heavy atom. The Morgan fingerprint density at radius 2 is 1.43 bits per heavy atom. The molecule has 3 fully saturated rings. The van der Waals surface area contributed by atoms with E-state index in [1.165, 1.54) is 19.2 Å². The van der Waals surface area contributed by atoms with E-state index in [0.717, 1.165) is 11.1 Å². The van der Waals surface area contributed by atoms with Crippen molar-refractivity contribution in [1.82, 2.24) is 14.9 Å². The highest BCUT2D eigenvalue weighted by Crippen LogP contribution is 2.53. The molecule has 0 saturated carbocycles. The first kappa shape index (κ1) is 25.2. The van der Waals surface area contributed by atoms with Crippen molar-refractivity contribution in [3.05, 3.63) is 65.7 Å². The molecule has 2 aromatic carbocycles. The minimum atomic E-state index is -1.17. The molecule has 37 heavy (non-hydrogen) atoms. The summed E-state index contributed by atoms with van der Waals surface area (Å²) in [5.74, 6) is -1.85. The largest absolute Gasteiger partial charge is 0.497 e. The van der Waals surface area contributed by atoms with Gasteiger partial charge in [-0.2, -0.15) is 5.01 Å². The number of rotatable bonds is 6. The summed E-state index contributed by atoms with van der Waals surface area (Å²) in [6.45, 7) is 2.19. The molecule has 3 aliphatic heterocycles. The van der Waals surface area contributed by atoms with Crippen molar-refractivity contribution < 1.29 is 33.3 Å². The molecule has 3 aliphatic rings. The van der Waals surface area contributed by atoms with Gasteiger partial charge in [0.05, 0.1) is 46.6 Å². The summed E-state index contributed by atoms with van der Waals surface area (Å²) >= 11 is 0. The average Bonchev–Trinajstić information content (AvgIpc) is 3.45. The molecule has 0 N–H and O–H groups in total. The lowest BCUT2D eigenvalue weighted by Gasteiger charge is -2.37. The van der Waals surface area contributed by atoms with Crippen LogP contribution in [0.15, 0.2) is 54.6 Å². The lowest BCUT2D eigenvalue weighted by atomic mass is 9.85. The Balaban J connectivity index is 1.71. The third-order valence-electron chi connectivity index (χ3n) is 7.49. The second kappa shape index (κ2) is 10.5. The van der Waals surface area contributed by atoms with Gasteiger partial charge in [0.1, 0.15) is 17.7 Å². The molecular weight excluding hydrogens is 478 g/mol. The Hall–Kier alpha value is -3.47. The predicted molar refractivity (Wildman–Crippen MR) is 131 cm³/mol.